The SMILES string of the molecule is Cc1nn(-c2ccccc2)c(Cl)c1C=NN=C(N)c1ccc(O)cc1. The van der Waals surface area contributed by atoms with Gasteiger partial charge in [-0.3, -0.25) is 0 Å². The van der Waals surface area contributed by atoms with E-state index in [-0.39, 0.29) is 11.6 Å². The van der Waals surface area contributed by atoms with Crippen LogP contribution in [0.2, 0.25) is 5.15 Å². The summed E-state index contributed by atoms with van der Waals surface area (Å²) in [6, 6.07) is 16.0. The number of nitrogens with zero attached hydrogens (tertiary/aromatic N) is 4. The summed E-state index contributed by atoms with van der Waals surface area (Å²) in [6.07, 6.45) is 1.53. The van der Waals surface area contributed by atoms with E-state index in [1.165, 1.54) is 18.3 Å². The summed E-state index contributed by atoms with van der Waals surface area (Å²) in [5.41, 5.74) is 8.82. The predicted octanol–water partition coefficient (Wildman–Crippen LogP) is 3.28. The van der Waals surface area contributed by atoms with Crippen LogP contribution in [0.4, 0.5) is 0 Å². The van der Waals surface area contributed by atoms with Crippen LogP contribution in [0.15, 0.2) is 64.8 Å². The van der Waals surface area contributed by atoms with Crippen LogP contribution in [0.3, 0.4) is 0 Å². The van der Waals surface area contributed by atoms with Gasteiger partial charge in [-0.25, -0.2) is 4.68 Å². The van der Waals surface area contributed by atoms with Crippen molar-refractivity contribution in [1.29, 1.82) is 0 Å². The fourth-order valence-corrected chi connectivity index (χ4v) is 2.56. The number of para-hydroxylation sites is 1. The van der Waals surface area contributed by atoms with Crippen LogP contribution in [0.25, 0.3) is 5.69 Å². The Hall–Kier alpha value is -3.12. The van der Waals surface area contributed by atoms with Crippen molar-refractivity contribution in [3.05, 3.63) is 76.6 Å². The van der Waals surface area contributed by atoms with Gasteiger partial charge < -0.3 is 10.8 Å². The van der Waals surface area contributed by atoms with Crippen molar-refractivity contribution in [2.75, 3.05) is 0 Å². The van der Waals surface area contributed by atoms with E-state index in [1.807, 2.05) is 37.3 Å². The van der Waals surface area contributed by atoms with Crippen molar-refractivity contribution in [3.63, 3.8) is 0 Å². The van der Waals surface area contributed by atoms with E-state index in [0.717, 1.165) is 11.4 Å². The maximum Gasteiger partial charge on any atom is 0.153 e. The van der Waals surface area contributed by atoms with Gasteiger partial charge in [0.15, 0.2) is 5.84 Å². The van der Waals surface area contributed by atoms with Crippen molar-refractivity contribution in [1.82, 2.24) is 9.78 Å². The maximum absolute atomic E-state index is 9.29. The molecule has 25 heavy (non-hydrogen) atoms. The van der Waals surface area contributed by atoms with Crippen molar-refractivity contribution < 1.29 is 5.11 Å². The third kappa shape index (κ3) is 3.70. The molecule has 3 rings (SSSR count). The standard InChI is InChI=1S/C18H16ClN5O/c1-12-16(17(19)24(23-12)14-5-3-2-4-6-14)11-21-22-18(20)13-7-9-15(25)10-8-13/h2-11,25H,1H3,(H2,20,22). The van der Waals surface area contributed by atoms with Crippen LogP contribution in [-0.4, -0.2) is 26.9 Å². The summed E-state index contributed by atoms with van der Waals surface area (Å²) in [7, 11) is 0. The first-order chi connectivity index (χ1) is 12.1. The highest BCUT2D eigenvalue weighted by molar-refractivity contribution is 6.32. The van der Waals surface area contributed by atoms with Crippen LogP contribution in [0.5, 0.6) is 5.75 Å². The molecule has 0 unspecified atom stereocenters. The largest absolute Gasteiger partial charge is 0.508 e. The molecule has 0 amide bonds. The topological polar surface area (TPSA) is 88.8 Å². The van der Waals surface area contributed by atoms with Gasteiger partial charge in [0.1, 0.15) is 10.9 Å². The number of phenolic OH excluding ortho intramolecular Hbond substituents is 1. The van der Waals surface area contributed by atoms with Crippen LogP contribution in [0.1, 0.15) is 16.8 Å². The van der Waals surface area contributed by atoms with Gasteiger partial charge in [-0.2, -0.15) is 10.2 Å². The molecule has 0 aliphatic heterocycles. The fourth-order valence-electron chi connectivity index (χ4n) is 2.24. The first kappa shape index (κ1) is 16.7. The minimum Gasteiger partial charge on any atom is -0.508 e. The van der Waals surface area contributed by atoms with Gasteiger partial charge >= 0.3 is 0 Å². The zero-order chi connectivity index (χ0) is 17.8. The lowest BCUT2D eigenvalue weighted by Crippen LogP contribution is -2.12. The number of halogens is 1. The van der Waals surface area contributed by atoms with Gasteiger partial charge in [-0.05, 0) is 43.3 Å². The molecule has 3 N–H and O–H groups in total. The maximum atomic E-state index is 9.29. The first-order valence-corrected chi connectivity index (χ1v) is 7.90. The highest BCUT2D eigenvalue weighted by Crippen LogP contribution is 2.22. The van der Waals surface area contributed by atoms with Crippen molar-refractivity contribution in [3.8, 4) is 11.4 Å². The average Bonchev–Trinajstić information content (AvgIpc) is 2.91. The van der Waals surface area contributed by atoms with Gasteiger partial charge in [0.25, 0.3) is 0 Å². The zero-order valence-electron chi connectivity index (χ0n) is 13.5. The molecule has 0 aliphatic rings. The quantitative estimate of drug-likeness (QED) is 0.428. The number of benzene rings is 2. The van der Waals surface area contributed by atoms with E-state index >= 15 is 0 Å². The molecule has 6 nitrogen and oxygen atoms in total. The number of aryl methyl sites for hydroxylation is 1. The predicted molar refractivity (Wildman–Crippen MR) is 99.7 cm³/mol. The van der Waals surface area contributed by atoms with Crippen LogP contribution < -0.4 is 5.73 Å². The second kappa shape index (κ2) is 7.19. The molecule has 0 saturated carbocycles. The summed E-state index contributed by atoms with van der Waals surface area (Å²) in [5, 5.41) is 22.1. The number of nitrogens with two attached hydrogens (primary N) is 1. The molecule has 126 valence electrons. The van der Waals surface area contributed by atoms with Gasteiger partial charge in [0, 0.05) is 5.56 Å². The molecule has 3 aromatic rings. The molecule has 0 bridgehead atoms. The third-order valence-corrected chi connectivity index (χ3v) is 3.93. The van der Waals surface area contributed by atoms with Gasteiger partial charge in [-0.1, -0.05) is 29.8 Å². The number of hydrogen-bond donors (Lipinski definition) is 2. The Kier molecular flexibility index (Phi) is 4.81. The molecule has 7 heteroatoms. The van der Waals surface area contributed by atoms with Gasteiger partial charge in [0.2, 0.25) is 0 Å². The lowest BCUT2D eigenvalue weighted by atomic mass is 10.2. The highest BCUT2D eigenvalue weighted by Gasteiger charge is 2.12. The van der Waals surface area contributed by atoms with E-state index in [0.29, 0.717) is 16.3 Å². The van der Waals surface area contributed by atoms with Gasteiger partial charge in [0.05, 0.1) is 23.2 Å². The van der Waals surface area contributed by atoms with E-state index in [9.17, 15) is 5.11 Å². The summed E-state index contributed by atoms with van der Waals surface area (Å²) in [6.45, 7) is 1.85. The van der Waals surface area contributed by atoms with Crippen molar-refractivity contribution in [2.45, 2.75) is 6.92 Å². The zero-order valence-corrected chi connectivity index (χ0v) is 14.2. The average molecular weight is 354 g/mol. The lowest BCUT2D eigenvalue weighted by molar-refractivity contribution is 0.475. The Bertz CT molecular complexity index is 930. The number of aromatic hydroxyl groups is 1. The number of aromatic nitrogens is 2. The molecule has 0 spiro atoms. The number of phenols is 1. The normalized spacial score (nSPS) is 12.0. The molecule has 0 fully saturated rings. The summed E-state index contributed by atoms with van der Waals surface area (Å²) in [5.74, 6) is 0.399. The third-order valence-electron chi connectivity index (χ3n) is 3.56. The molecule has 0 atom stereocenters. The van der Waals surface area contributed by atoms with Gasteiger partial charge in [-0.15, -0.1) is 5.10 Å². The minimum atomic E-state index is 0.163. The lowest BCUT2D eigenvalue weighted by Gasteiger charge is -2.01. The van der Waals surface area contributed by atoms with E-state index < -0.39 is 0 Å². The second-order valence-electron chi connectivity index (χ2n) is 5.31. The van der Waals surface area contributed by atoms with Crippen LogP contribution in [0, 0.1) is 6.92 Å². The molecular formula is C18H16ClN5O. The number of rotatable bonds is 4. The number of hydrogen-bond acceptors (Lipinski definition) is 4. The minimum absolute atomic E-state index is 0.163. The Morgan fingerprint density at radius 3 is 2.52 bits per heavy atom. The molecule has 0 radical (unpaired) electrons. The Balaban J connectivity index is 1.85. The van der Waals surface area contributed by atoms with Crippen LogP contribution >= 0.6 is 11.6 Å². The Labute approximate surface area is 149 Å². The molecule has 0 aliphatic carbocycles. The van der Waals surface area contributed by atoms with Crippen molar-refractivity contribution >= 4 is 23.7 Å². The first-order valence-electron chi connectivity index (χ1n) is 7.52. The van der Waals surface area contributed by atoms with E-state index in [2.05, 4.69) is 15.3 Å². The summed E-state index contributed by atoms with van der Waals surface area (Å²) < 4.78 is 1.64. The fraction of sp³-hybridized carbons (Fsp3) is 0.0556. The van der Waals surface area contributed by atoms with E-state index in [4.69, 9.17) is 17.3 Å². The summed E-state index contributed by atoms with van der Waals surface area (Å²) >= 11 is 6.42. The smallest absolute Gasteiger partial charge is 0.153 e. The highest BCUT2D eigenvalue weighted by atomic mass is 35.5. The molecule has 0 saturated heterocycles. The molecular weight excluding hydrogens is 338 g/mol. The molecule has 1 aromatic heterocycles. The monoisotopic (exact) mass is 353 g/mol. The Morgan fingerprint density at radius 1 is 1.16 bits per heavy atom. The number of amidine groups is 1. The second-order valence-corrected chi connectivity index (χ2v) is 5.67. The van der Waals surface area contributed by atoms with Crippen LogP contribution in [-0.2, 0) is 0 Å². The summed E-state index contributed by atoms with van der Waals surface area (Å²) in [4.78, 5) is 0. The molecule has 2 aromatic carbocycles. The molecule has 1 heterocycles. The Morgan fingerprint density at radius 2 is 1.84 bits per heavy atom. The van der Waals surface area contributed by atoms with Crippen molar-refractivity contribution in [2.24, 2.45) is 15.9 Å². The van der Waals surface area contributed by atoms with E-state index in [1.54, 1.807) is 16.8 Å².